The van der Waals surface area contributed by atoms with Crippen LogP contribution in [-0.4, -0.2) is 10.6 Å². The molecule has 0 bridgehead atoms. The van der Waals surface area contributed by atoms with E-state index in [1.54, 1.807) is 0 Å². The Morgan fingerprint density at radius 2 is 1.71 bits per heavy atom. The third-order valence-corrected chi connectivity index (χ3v) is 3.84. The van der Waals surface area contributed by atoms with Gasteiger partial charge in [0.25, 0.3) is 0 Å². The Morgan fingerprint density at radius 1 is 1.21 bits per heavy atom. The molecule has 0 aliphatic heterocycles. The molecule has 2 heteroatoms. The summed E-state index contributed by atoms with van der Waals surface area (Å²) >= 11 is 3.45. The third kappa shape index (κ3) is 2.68. The van der Waals surface area contributed by atoms with Crippen LogP contribution in [0.15, 0.2) is 30.3 Å². The van der Waals surface area contributed by atoms with Crippen molar-refractivity contribution >= 4 is 21.7 Å². The number of alkyl halides is 1. The molecule has 0 saturated heterocycles. The van der Waals surface area contributed by atoms with Gasteiger partial charge in [-0.1, -0.05) is 67.0 Å². The van der Waals surface area contributed by atoms with Gasteiger partial charge in [-0.15, -0.1) is 0 Å². The lowest BCUT2D eigenvalue weighted by Crippen LogP contribution is -2.28. The molecule has 76 valence electrons. The molecule has 1 rings (SSSR count). The summed E-state index contributed by atoms with van der Waals surface area (Å²) in [4.78, 5) is 11.8. The second-order valence-electron chi connectivity index (χ2n) is 4.46. The van der Waals surface area contributed by atoms with Gasteiger partial charge in [-0.2, -0.15) is 0 Å². The van der Waals surface area contributed by atoms with E-state index in [0.717, 1.165) is 5.56 Å². The van der Waals surface area contributed by atoms with E-state index in [9.17, 15) is 4.79 Å². The van der Waals surface area contributed by atoms with E-state index in [1.807, 2.05) is 51.1 Å². The molecule has 0 N–H and O–H groups in total. The van der Waals surface area contributed by atoms with Gasteiger partial charge in [0.15, 0.2) is 5.78 Å². The molecule has 0 aliphatic carbocycles. The molecule has 0 amide bonds. The zero-order valence-electron chi connectivity index (χ0n) is 8.75. The minimum absolute atomic E-state index is 0.0487. The van der Waals surface area contributed by atoms with Crippen molar-refractivity contribution in [1.29, 1.82) is 0 Å². The van der Waals surface area contributed by atoms with Crippen LogP contribution in [-0.2, 0) is 0 Å². The largest absolute Gasteiger partial charge is 0.293 e. The molecule has 1 aromatic rings. The van der Waals surface area contributed by atoms with Crippen LogP contribution in [0.2, 0.25) is 0 Å². The smallest absolute Gasteiger partial charge is 0.176 e. The minimum Gasteiger partial charge on any atom is -0.293 e. The van der Waals surface area contributed by atoms with Gasteiger partial charge in [0.05, 0.1) is 4.83 Å². The molecular formula is C12H15BrO. The highest BCUT2D eigenvalue weighted by atomic mass is 79.9. The Balaban J connectivity index is 2.87. The number of hydrogen-bond acceptors (Lipinski definition) is 1. The number of carbonyl (C=O) groups excluding carboxylic acids is 1. The molecule has 0 spiro atoms. The molecule has 1 aromatic carbocycles. The molecule has 1 atom stereocenters. The van der Waals surface area contributed by atoms with E-state index in [2.05, 4.69) is 15.9 Å². The molecule has 14 heavy (non-hydrogen) atoms. The molecule has 0 radical (unpaired) electrons. The quantitative estimate of drug-likeness (QED) is 0.582. The van der Waals surface area contributed by atoms with Gasteiger partial charge in [0, 0.05) is 5.56 Å². The number of Topliss-reactive ketones (excluding diaryl/α,β-unsaturated/α-hetero) is 1. The highest BCUT2D eigenvalue weighted by molar-refractivity contribution is 9.10. The minimum atomic E-state index is -0.127. The monoisotopic (exact) mass is 254 g/mol. The number of ketones is 1. The van der Waals surface area contributed by atoms with E-state index in [0.29, 0.717) is 0 Å². The van der Waals surface area contributed by atoms with E-state index in [-0.39, 0.29) is 16.0 Å². The first-order valence-electron chi connectivity index (χ1n) is 4.66. The summed E-state index contributed by atoms with van der Waals surface area (Å²) in [5, 5.41) is 0. The van der Waals surface area contributed by atoms with Gasteiger partial charge in [0.1, 0.15) is 0 Å². The summed E-state index contributed by atoms with van der Waals surface area (Å²) in [6.45, 7) is 6.15. The molecule has 0 fully saturated rings. The molecule has 1 nitrogen and oxygen atoms in total. The fourth-order valence-electron chi connectivity index (χ4n) is 1.14. The van der Waals surface area contributed by atoms with Crippen molar-refractivity contribution in [3.05, 3.63) is 35.9 Å². The van der Waals surface area contributed by atoms with Crippen molar-refractivity contribution in [3.8, 4) is 0 Å². The number of hydrogen-bond donors (Lipinski definition) is 0. The molecule has 0 heterocycles. The molecule has 0 saturated carbocycles. The van der Waals surface area contributed by atoms with Crippen LogP contribution in [0.1, 0.15) is 31.1 Å². The maximum atomic E-state index is 11.9. The number of halogens is 1. The third-order valence-electron chi connectivity index (χ3n) is 2.05. The molecule has 0 aromatic heterocycles. The summed E-state index contributed by atoms with van der Waals surface area (Å²) < 4.78 is 0. The second kappa shape index (κ2) is 4.26. The summed E-state index contributed by atoms with van der Waals surface area (Å²) in [7, 11) is 0. The van der Waals surface area contributed by atoms with Crippen molar-refractivity contribution in [2.24, 2.45) is 5.41 Å². The van der Waals surface area contributed by atoms with Crippen molar-refractivity contribution in [2.75, 3.05) is 0 Å². The van der Waals surface area contributed by atoms with Crippen LogP contribution >= 0.6 is 15.9 Å². The predicted molar refractivity (Wildman–Crippen MR) is 62.9 cm³/mol. The zero-order chi connectivity index (χ0) is 10.8. The first-order valence-corrected chi connectivity index (χ1v) is 5.58. The lowest BCUT2D eigenvalue weighted by atomic mass is 9.88. The SMILES string of the molecule is CC(C)(C)C(Br)C(=O)c1ccccc1. The summed E-state index contributed by atoms with van der Waals surface area (Å²) in [5.41, 5.74) is 0.719. The van der Waals surface area contributed by atoms with Gasteiger partial charge >= 0.3 is 0 Å². The number of rotatable bonds is 2. The van der Waals surface area contributed by atoms with Crippen molar-refractivity contribution in [2.45, 2.75) is 25.6 Å². The fourth-order valence-corrected chi connectivity index (χ4v) is 1.41. The summed E-state index contributed by atoms with van der Waals surface area (Å²) in [6.07, 6.45) is 0. The van der Waals surface area contributed by atoms with Crippen LogP contribution in [0.4, 0.5) is 0 Å². The summed E-state index contributed by atoms with van der Waals surface area (Å²) in [5.74, 6) is 0.151. The molecular weight excluding hydrogens is 240 g/mol. The number of carbonyl (C=O) groups is 1. The van der Waals surface area contributed by atoms with E-state index >= 15 is 0 Å². The Kier molecular flexibility index (Phi) is 3.48. The average molecular weight is 255 g/mol. The lowest BCUT2D eigenvalue weighted by molar-refractivity contribution is 0.0954. The lowest BCUT2D eigenvalue weighted by Gasteiger charge is -2.24. The van der Waals surface area contributed by atoms with Gasteiger partial charge in [-0.3, -0.25) is 4.79 Å². The predicted octanol–water partition coefficient (Wildman–Crippen LogP) is 3.68. The standard InChI is InChI=1S/C12H15BrO/c1-12(2,3)11(13)10(14)9-7-5-4-6-8-9/h4-8,11H,1-3H3. The first-order chi connectivity index (χ1) is 6.43. The number of benzene rings is 1. The van der Waals surface area contributed by atoms with Crippen LogP contribution in [0.3, 0.4) is 0 Å². The Hall–Kier alpha value is -0.630. The van der Waals surface area contributed by atoms with Crippen molar-refractivity contribution < 1.29 is 4.79 Å². The average Bonchev–Trinajstić information content (AvgIpc) is 2.15. The van der Waals surface area contributed by atoms with Gasteiger partial charge in [0.2, 0.25) is 0 Å². The van der Waals surface area contributed by atoms with Crippen LogP contribution < -0.4 is 0 Å². The maximum Gasteiger partial charge on any atom is 0.176 e. The highest BCUT2D eigenvalue weighted by Gasteiger charge is 2.28. The Labute approximate surface area is 93.7 Å². The van der Waals surface area contributed by atoms with E-state index in [1.165, 1.54) is 0 Å². The van der Waals surface area contributed by atoms with Gasteiger partial charge < -0.3 is 0 Å². The molecule has 0 aliphatic rings. The zero-order valence-corrected chi connectivity index (χ0v) is 10.3. The van der Waals surface area contributed by atoms with Crippen LogP contribution in [0.5, 0.6) is 0 Å². The van der Waals surface area contributed by atoms with E-state index in [4.69, 9.17) is 0 Å². The fraction of sp³-hybridized carbons (Fsp3) is 0.417. The molecule has 1 unspecified atom stereocenters. The van der Waals surface area contributed by atoms with Crippen LogP contribution in [0.25, 0.3) is 0 Å². The Morgan fingerprint density at radius 3 is 2.14 bits per heavy atom. The van der Waals surface area contributed by atoms with Gasteiger partial charge in [-0.05, 0) is 5.41 Å². The van der Waals surface area contributed by atoms with Crippen LogP contribution in [0, 0.1) is 5.41 Å². The first kappa shape index (κ1) is 11.4. The second-order valence-corrected chi connectivity index (χ2v) is 5.37. The van der Waals surface area contributed by atoms with Gasteiger partial charge in [-0.25, -0.2) is 0 Å². The van der Waals surface area contributed by atoms with Crippen molar-refractivity contribution in [1.82, 2.24) is 0 Å². The van der Waals surface area contributed by atoms with Crippen molar-refractivity contribution in [3.63, 3.8) is 0 Å². The Bertz CT molecular complexity index is 311. The van der Waals surface area contributed by atoms with E-state index < -0.39 is 0 Å². The topological polar surface area (TPSA) is 17.1 Å². The maximum absolute atomic E-state index is 11.9. The normalized spacial score (nSPS) is 13.7. The summed E-state index contributed by atoms with van der Waals surface area (Å²) in [6, 6.07) is 9.38. The highest BCUT2D eigenvalue weighted by Crippen LogP contribution is 2.28.